The van der Waals surface area contributed by atoms with Gasteiger partial charge in [0.05, 0.1) is 6.10 Å². The molecule has 0 saturated heterocycles. The lowest BCUT2D eigenvalue weighted by molar-refractivity contribution is -0.156. The summed E-state index contributed by atoms with van der Waals surface area (Å²) in [5.41, 5.74) is 1.13. The van der Waals surface area contributed by atoms with Crippen molar-refractivity contribution in [3.63, 3.8) is 0 Å². The summed E-state index contributed by atoms with van der Waals surface area (Å²) < 4.78 is 11.8. The molecule has 1 aromatic carbocycles. The van der Waals surface area contributed by atoms with Gasteiger partial charge in [-0.05, 0) is 50.5 Å². The fourth-order valence-corrected chi connectivity index (χ4v) is 2.24. The third-order valence-corrected chi connectivity index (χ3v) is 3.08. The Morgan fingerprint density at radius 3 is 3.00 bits per heavy atom. The van der Waals surface area contributed by atoms with Gasteiger partial charge in [0.2, 0.25) is 0 Å². The van der Waals surface area contributed by atoms with Crippen molar-refractivity contribution in [2.75, 3.05) is 0 Å². The lowest BCUT2D eigenvalue weighted by atomic mass is 10.0. The fraction of sp³-hybridized carbons (Fsp3) is 0.462. The van der Waals surface area contributed by atoms with Crippen molar-refractivity contribution in [2.24, 2.45) is 0 Å². The van der Waals surface area contributed by atoms with E-state index in [1.165, 1.54) is 0 Å². The van der Waals surface area contributed by atoms with E-state index < -0.39 is 6.10 Å². The Balaban J connectivity index is 2.08. The van der Waals surface area contributed by atoms with E-state index in [4.69, 9.17) is 9.47 Å². The third kappa shape index (κ3) is 3.00. The van der Waals surface area contributed by atoms with Crippen LogP contribution in [0.15, 0.2) is 22.7 Å². The van der Waals surface area contributed by atoms with Crippen molar-refractivity contribution in [2.45, 2.75) is 38.9 Å². The molecular formula is C13H15BrO3. The van der Waals surface area contributed by atoms with Gasteiger partial charge in [-0.3, -0.25) is 0 Å². The second kappa shape index (κ2) is 5.08. The van der Waals surface area contributed by atoms with Crippen LogP contribution in [0.2, 0.25) is 0 Å². The predicted molar refractivity (Wildman–Crippen MR) is 68.1 cm³/mol. The number of hydrogen-bond acceptors (Lipinski definition) is 3. The molecule has 0 aliphatic carbocycles. The van der Waals surface area contributed by atoms with Crippen molar-refractivity contribution >= 4 is 21.9 Å². The van der Waals surface area contributed by atoms with Crippen LogP contribution in [0.1, 0.15) is 25.8 Å². The normalized spacial score (nSPS) is 18.5. The highest BCUT2D eigenvalue weighted by Gasteiger charge is 2.27. The van der Waals surface area contributed by atoms with E-state index in [-0.39, 0.29) is 12.1 Å². The first kappa shape index (κ1) is 12.4. The molecule has 1 aliphatic heterocycles. The summed E-state index contributed by atoms with van der Waals surface area (Å²) in [5, 5.41) is 0. The van der Waals surface area contributed by atoms with Crippen LogP contribution in [-0.4, -0.2) is 18.2 Å². The average Bonchev–Trinajstić information content (AvgIpc) is 2.27. The van der Waals surface area contributed by atoms with Gasteiger partial charge >= 0.3 is 5.97 Å². The van der Waals surface area contributed by atoms with Gasteiger partial charge in [-0.2, -0.15) is 0 Å². The van der Waals surface area contributed by atoms with Gasteiger partial charge in [0, 0.05) is 4.47 Å². The smallest absolute Gasteiger partial charge is 0.347 e. The number of esters is 1. The Morgan fingerprint density at radius 1 is 1.53 bits per heavy atom. The van der Waals surface area contributed by atoms with E-state index in [1.54, 1.807) is 0 Å². The van der Waals surface area contributed by atoms with E-state index in [9.17, 15) is 4.79 Å². The van der Waals surface area contributed by atoms with E-state index in [0.717, 1.165) is 22.2 Å². The summed E-state index contributed by atoms with van der Waals surface area (Å²) in [6.07, 6.45) is 0.949. The van der Waals surface area contributed by atoms with E-state index in [0.29, 0.717) is 6.42 Å². The molecule has 1 aromatic rings. The molecule has 0 spiro atoms. The minimum Gasteiger partial charge on any atom is -0.478 e. The zero-order valence-corrected chi connectivity index (χ0v) is 11.5. The minimum atomic E-state index is -0.467. The zero-order chi connectivity index (χ0) is 12.4. The van der Waals surface area contributed by atoms with Crippen molar-refractivity contribution in [3.8, 4) is 5.75 Å². The molecule has 0 fully saturated rings. The van der Waals surface area contributed by atoms with Crippen LogP contribution in [0.4, 0.5) is 0 Å². The molecule has 0 radical (unpaired) electrons. The molecular weight excluding hydrogens is 284 g/mol. The molecule has 1 heterocycles. The highest BCUT2D eigenvalue weighted by Crippen LogP contribution is 2.30. The Hall–Kier alpha value is -1.03. The third-order valence-electron chi connectivity index (χ3n) is 2.58. The summed E-state index contributed by atoms with van der Waals surface area (Å²) >= 11 is 3.42. The van der Waals surface area contributed by atoms with E-state index in [2.05, 4.69) is 15.9 Å². The number of carbonyl (C=O) groups is 1. The van der Waals surface area contributed by atoms with Crippen molar-refractivity contribution in [1.29, 1.82) is 0 Å². The predicted octanol–water partition coefficient (Wildman–Crippen LogP) is 3.09. The Labute approximate surface area is 109 Å². The molecule has 0 saturated carbocycles. The molecule has 17 heavy (non-hydrogen) atoms. The second-order valence-electron chi connectivity index (χ2n) is 4.38. The lowest BCUT2D eigenvalue weighted by Gasteiger charge is -2.25. The molecule has 0 N–H and O–H groups in total. The molecule has 1 atom stereocenters. The first-order chi connectivity index (χ1) is 8.06. The van der Waals surface area contributed by atoms with Gasteiger partial charge in [0.1, 0.15) is 5.75 Å². The molecule has 0 unspecified atom stereocenters. The van der Waals surface area contributed by atoms with Gasteiger partial charge in [-0.1, -0.05) is 15.9 Å². The van der Waals surface area contributed by atoms with Gasteiger partial charge in [-0.25, -0.2) is 4.79 Å². The highest BCUT2D eigenvalue weighted by molar-refractivity contribution is 9.10. The van der Waals surface area contributed by atoms with Crippen LogP contribution < -0.4 is 4.74 Å². The van der Waals surface area contributed by atoms with Crippen LogP contribution in [0.25, 0.3) is 0 Å². The lowest BCUT2D eigenvalue weighted by Crippen LogP contribution is -2.34. The SMILES string of the molecule is CC(C)OC(=O)[C@H]1CCc2cc(Br)ccc2O1. The number of halogens is 1. The van der Waals surface area contributed by atoms with Crippen LogP contribution in [-0.2, 0) is 16.0 Å². The van der Waals surface area contributed by atoms with Crippen molar-refractivity contribution < 1.29 is 14.3 Å². The van der Waals surface area contributed by atoms with Gasteiger partial charge in [-0.15, -0.1) is 0 Å². The summed E-state index contributed by atoms with van der Waals surface area (Å²) in [5.74, 6) is 0.513. The largest absolute Gasteiger partial charge is 0.478 e. The first-order valence-electron chi connectivity index (χ1n) is 5.72. The number of carbonyl (C=O) groups excluding carboxylic acids is 1. The molecule has 3 nitrogen and oxygen atoms in total. The topological polar surface area (TPSA) is 35.5 Å². The standard InChI is InChI=1S/C13H15BrO3/c1-8(2)16-13(15)12-5-3-9-7-10(14)4-6-11(9)17-12/h4,6-8,12H,3,5H2,1-2H3/t12-/m1/s1. The number of aryl methyl sites for hydroxylation is 1. The fourth-order valence-electron chi connectivity index (χ4n) is 1.83. The maximum absolute atomic E-state index is 11.7. The quantitative estimate of drug-likeness (QED) is 0.787. The first-order valence-corrected chi connectivity index (χ1v) is 6.51. The number of benzene rings is 1. The number of rotatable bonds is 2. The minimum absolute atomic E-state index is 0.0996. The van der Waals surface area contributed by atoms with Crippen LogP contribution in [0.3, 0.4) is 0 Å². The van der Waals surface area contributed by atoms with Crippen LogP contribution >= 0.6 is 15.9 Å². The molecule has 2 rings (SSSR count). The number of hydrogen-bond donors (Lipinski definition) is 0. The molecule has 0 amide bonds. The van der Waals surface area contributed by atoms with E-state index in [1.807, 2.05) is 32.0 Å². The summed E-state index contributed by atoms with van der Waals surface area (Å²) in [6, 6.07) is 5.82. The molecule has 92 valence electrons. The summed E-state index contributed by atoms with van der Waals surface area (Å²) in [6.45, 7) is 3.68. The Morgan fingerprint density at radius 2 is 2.29 bits per heavy atom. The summed E-state index contributed by atoms with van der Waals surface area (Å²) in [7, 11) is 0. The molecule has 1 aliphatic rings. The number of fused-ring (bicyclic) bond motifs is 1. The monoisotopic (exact) mass is 298 g/mol. The number of ether oxygens (including phenoxy) is 2. The average molecular weight is 299 g/mol. The molecule has 0 bridgehead atoms. The maximum atomic E-state index is 11.7. The van der Waals surface area contributed by atoms with Crippen molar-refractivity contribution in [3.05, 3.63) is 28.2 Å². The van der Waals surface area contributed by atoms with Gasteiger partial charge < -0.3 is 9.47 Å². The van der Waals surface area contributed by atoms with Crippen LogP contribution in [0, 0.1) is 0 Å². The van der Waals surface area contributed by atoms with Gasteiger partial charge in [0.25, 0.3) is 0 Å². The summed E-state index contributed by atoms with van der Waals surface area (Å²) in [4.78, 5) is 11.7. The molecule has 4 heteroatoms. The van der Waals surface area contributed by atoms with Gasteiger partial charge in [0.15, 0.2) is 6.10 Å². The van der Waals surface area contributed by atoms with Crippen molar-refractivity contribution in [1.82, 2.24) is 0 Å². The Kier molecular flexibility index (Phi) is 3.72. The Bertz CT molecular complexity index is 429. The van der Waals surface area contributed by atoms with E-state index >= 15 is 0 Å². The highest BCUT2D eigenvalue weighted by atomic mass is 79.9. The maximum Gasteiger partial charge on any atom is 0.347 e. The molecule has 0 aromatic heterocycles. The zero-order valence-electron chi connectivity index (χ0n) is 9.90. The van der Waals surface area contributed by atoms with Crippen LogP contribution in [0.5, 0.6) is 5.75 Å². The second-order valence-corrected chi connectivity index (χ2v) is 5.30.